The molecule has 0 spiro atoms. The van der Waals surface area contributed by atoms with E-state index in [0.29, 0.717) is 18.7 Å². The first-order valence-corrected chi connectivity index (χ1v) is 16.4. The Balaban J connectivity index is 1.34. The topological polar surface area (TPSA) is 71.3 Å². The van der Waals surface area contributed by atoms with E-state index >= 15 is 0 Å². The Morgan fingerprint density at radius 2 is 1.57 bits per heavy atom. The number of nitrogens with zero attached hydrogens (tertiary/aromatic N) is 1. The molecule has 0 aliphatic heterocycles. The van der Waals surface area contributed by atoms with Crippen molar-refractivity contribution in [3.8, 4) is 22.3 Å². The first kappa shape index (κ1) is 31.1. The summed E-state index contributed by atoms with van der Waals surface area (Å²) in [5.41, 5.74) is 8.56. The molecule has 46 heavy (non-hydrogen) atoms. The number of aromatic nitrogens is 1. The maximum Gasteiger partial charge on any atom is 0.353 e. The predicted molar refractivity (Wildman–Crippen MR) is 189 cm³/mol. The fraction of sp³-hybridized carbons (Fsp3) is 0.200. The molecule has 5 nitrogen and oxygen atoms in total. The standard InChI is InChI=1S/C40H38N2O3S/c1-26-14-15-29(28-9-7-10-30(23-28)38(43)41-21-20-33-11-8-22-46-33)24-31(26)25-42-35-13-6-5-12-34(35)36(37(42)39(44)45)27-16-18-32(19-17-27)40(2,3)4/h5-19,22-24H,20-21,25H2,1-4H3,(H,41,43)(H,44,45). The van der Waals surface area contributed by atoms with Gasteiger partial charge in [0.2, 0.25) is 0 Å². The number of carboxylic acid groups (broad SMARTS) is 1. The Hall–Kier alpha value is -4.94. The summed E-state index contributed by atoms with van der Waals surface area (Å²) in [7, 11) is 0. The van der Waals surface area contributed by atoms with Gasteiger partial charge in [0.25, 0.3) is 5.91 Å². The number of aromatic carboxylic acids is 1. The molecule has 2 aromatic heterocycles. The highest BCUT2D eigenvalue weighted by atomic mass is 32.1. The second kappa shape index (κ2) is 12.8. The largest absolute Gasteiger partial charge is 0.477 e. The van der Waals surface area contributed by atoms with Crippen molar-refractivity contribution in [2.24, 2.45) is 0 Å². The molecule has 0 atom stereocenters. The van der Waals surface area contributed by atoms with Gasteiger partial charge in [-0.05, 0) is 87.9 Å². The van der Waals surface area contributed by atoms with E-state index < -0.39 is 5.97 Å². The monoisotopic (exact) mass is 626 g/mol. The number of benzene rings is 4. The average Bonchev–Trinajstić information content (AvgIpc) is 3.68. The summed E-state index contributed by atoms with van der Waals surface area (Å²) in [6.45, 7) is 9.54. The highest BCUT2D eigenvalue weighted by Crippen LogP contribution is 2.37. The molecule has 6 rings (SSSR count). The van der Waals surface area contributed by atoms with Crippen LogP contribution >= 0.6 is 11.3 Å². The Bertz CT molecular complexity index is 2030. The Labute approximate surface area is 274 Å². The van der Waals surface area contributed by atoms with Crippen molar-refractivity contribution in [3.05, 3.63) is 141 Å². The smallest absolute Gasteiger partial charge is 0.353 e. The van der Waals surface area contributed by atoms with E-state index in [1.165, 1.54) is 10.4 Å². The predicted octanol–water partition coefficient (Wildman–Crippen LogP) is 9.36. The Kier molecular flexibility index (Phi) is 8.65. The van der Waals surface area contributed by atoms with Gasteiger partial charge < -0.3 is 15.0 Å². The Morgan fingerprint density at radius 3 is 2.28 bits per heavy atom. The minimum absolute atomic E-state index is 0.00179. The molecule has 2 heterocycles. The molecular weight excluding hydrogens is 589 g/mol. The lowest BCUT2D eigenvalue weighted by molar-refractivity contribution is 0.0687. The molecule has 0 unspecified atom stereocenters. The summed E-state index contributed by atoms with van der Waals surface area (Å²) in [4.78, 5) is 27.2. The van der Waals surface area contributed by atoms with Gasteiger partial charge in [0, 0.05) is 40.0 Å². The normalized spacial score (nSPS) is 11.6. The SMILES string of the molecule is Cc1ccc(-c2cccc(C(=O)NCCc3cccs3)c2)cc1Cn1c(C(=O)O)c(-c2ccc(C(C)(C)C)cc2)c2ccccc21. The van der Waals surface area contributed by atoms with E-state index in [1.54, 1.807) is 11.3 Å². The maximum atomic E-state index is 13.0. The highest BCUT2D eigenvalue weighted by molar-refractivity contribution is 7.09. The lowest BCUT2D eigenvalue weighted by atomic mass is 9.86. The van der Waals surface area contributed by atoms with Crippen LogP contribution in [0.5, 0.6) is 0 Å². The van der Waals surface area contributed by atoms with Crippen LogP contribution in [0.1, 0.15) is 63.2 Å². The van der Waals surface area contributed by atoms with Gasteiger partial charge in [-0.2, -0.15) is 0 Å². The first-order valence-electron chi connectivity index (χ1n) is 15.6. The number of thiophene rings is 1. The average molecular weight is 627 g/mol. The van der Waals surface area contributed by atoms with Crippen LogP contribution in [0.3, 0.4) is 0 Å². The van der Waals surface area contributed by atoms with Gasteiger partial charge >= 0.3 is 5.97 Å². The molecule has 0 aliphatic rings. The van der Waals surface area contributed by atoms with Gasteiger partial charge in [0.15, 0.2) is 0 Å². The van der Waals surface area contributed by atoms with Crippen LogP contribution in [0.4, 0.5) is 0 Å². The molecule has 0 fully saturated rings. The second-order valence-corrected chi connectivity index (χ2v) is 13.8. The summed E-state index contributed by atoms with van der Waals surface area (Å²) >= 11 is 1.69. The van der Waals surface area contributed by atoms with Crippen LogP contribution in [0, 0.1) is 6.92 Å². The van der Waals surface area contributed by atoms with Crippen LogP contribution in [0.25, 0.3) is 33.2 Å². The van der Waals surface area contributed by atoms with Crippen molar-refractivity contribution in [1.29, 1.82) is 0 Å². The van der Waals surface area contributed by atoms with Gasteiger partial charge in [-0.25, -0.2) is 4.79 Å². The fourth-order valence-corrected chi connectivity index (χ4v) is 6.72. The molecule has 6 heteroatoms. The number of para-hydroxylation sites is 1. The summed E-state index contributed by atoms with van der Waals surface area (Å²) in [6, 6.07) is 34.2. The van der Waals surface area contributed by atoms with Gasteiger partial charge in [-0.1, -0.05) is 93.6 Å². The number of amides is 1. The molecule has 0 aliphatic carbocycles. The lowest BCUT2D eigenvalue weighted by Gasteiger charge is -2.19. The summed E-state index contributed by atoms with van der Waals surface area (Å²) in [5, 5.41) is 16.6. The molecule has 0 bridgehead atoms. The van der Waals surface area contributed by atoms with E-state index in [0.717, 1.165) is 50.7 Å². The highest BCUT2D eigenvalue weighted by Gasteiger charge is 2.24. The number of rotatable bonds is 9. The molecule has 232 valence electrons. The molecule has 0 radical (unpaired) electrons. The Morgan fingerprint density at radius 1 is 0.826 bits per heavy atom. The van der Waals surface area contributed by atoms with Gasteiger partial charge in [-0.3, -0.25) is 4.79 Å². The fourth-order valence-electron chi connectivity index (χ4n) is 6.01. The number of fused-ring (bicyclic) bond motifs is 1. The zero-order chi connectivity index (χ0) is 32.4. The van der Waals surface area contributed by atoms with Crippen molar-refractivity contribution in [2.75, 3.05) is 6.54 Å². The number of carbonyl (C=O) groups excluding carboxylic acids is 1. The van der Waals surface area contributed by atoms with Crippen molar-refractivity contribution in [3.63, 3.8) is 0 Å². The third-order valence-corrected chi connectivity index (χ3v) is 9.52. The first-order chi connectivity index (χ1) is 22.1. The van der Waals surface area contributed by atoms with E-state index in [1.807, 2.05) is 76.7 Å². The number of nitrogens with one attached hydrogen (secondary N) is 1. The summed E-state index contributed by atoms with van der Waals surface area (Å²) < 4.78 is 1.92. The minimum Gasteiger partial charge on any atom is -0.477 e. The molecule has 0 saturated heterocycles. The third-order valence-electron chi connectivity index (χ3n) is 8.59. The maximum absolute atomic E-state index is 13.0. The van der Waals surface area contributed by atoms with E-state index in [-0.39, 0.29) is 17.0 Å². The van der Waals surface area contributed by atoms with Gasteiger partial charge in [-0.15, -0.1) is 11.3 Å². The molecule has 4 aromatic carbocycles. The van der Waals surface area contributed by atoms with Gasteiger partial charge in [0.1, 0.15) is 5.69 Å². The number of carbonyl (C=O) groups is 2. The van der Waals surface area contributed by atoms with Crippen LogP contribution in [0.15, 0.2) is 109 Å². The lowest BCUT2D eigenvalue weighted by Crippen LogP contribution is -2.25. The van der Waals surface area contributed by atoms with Crippen LogP contribution in [-0.2, 0) is 18.4 Å². The molecule has 1 amide bonds. The summed E-state index contributed by atoms with van der Waals surface area (Å²) in [6.07, 6.45) is 0.806. The van der Waals surface area contributed by atoms with Crippen molar-refractivity contribution >= 4 is 34.1 Å². The molecular formula is C40H38N2O3S. The van der Waals surface area contributed by atoms with Crippen molar-refractivity contribution < 1.29 is 14.7 Å². The zero-order valence-corrected chi connectivity index (χ0v) is 27.4. The quantitative estimate of drug-likeness (QED) is 0.168. The van der Waals surface area contributed by atoms with E-state index in [4.69, 9.17) is 0 Å². The molecule has 0 saturated carbocycles. The molecule has 2 N–H and O–H groups in total. The number of carboxylic acids is 1. The van der Waals surface area contributed by atoms with E-state index in [9.17, 15) is 14.7 Å². The summed E-state index contributed by atoms with van der Waals surface area (Å²) in [5.74, 6) is -1.06. The van der Waals surface area contributed by atoms with Crippen LogP contribution in [0.2, 0.25) is 0 Å². The number of aryl methyl sites for hydroxylation is 1. The number of hydrogen-bond donors (Lipinski definition) is 2. The third kappa shape index (κ3) is 6.40. The second-order valence-electron chi connectivity index (χ2n) is 12.8. The number of hydrogen-bond acceptors (Lipinski definition) is 3. The van der Waals surface area contributed by atoms with Crippen LogP contribution in [-0.4, -0.2) is 28.1 Å². The van der Waals surface area contributed by atoms with Gasteiger partial charge in [0.05, 0.1) is 0 Å². The van der Waals surface area contributed by atoms with Crippen molar-refractivity contribution in [1.82, 2.24) is 9.88 Å². The van der Waals surface area contributed by atoms with Crippen LogP contribution < -0.4 is 5.32 Å². The van der Waals surface area contributed by atoms with E-state index in [2.05, 4.69) is 69.4 Å². The minimum atomic E-state index is -0.960. The van der Waals surface area contributed by atoms with Crippen molar-refractivity contribution in [2.45, 2.75) is 46.1 Å². The molecule has 6 aromatic rings. The zero-order valence-electron chi connectivity index (χ0n) is 26.6.